The predicted octanol–water partition coefficient (Wildman–Crippen LogP) is 10.6. The monoisotopic (exact) mass is 518 g/mol. The molecule has 2 aromatic carbocycles. The van der Waals surface area contributed by atoms with E-state index in [0.29, 0.717) is 5.92 Å². The fourth-order valence-corrected chi connectivity index (χ4v) is 5.47. The van der Waals surface area contributed by atoms with Gasteiger partial charge in [0.15, 0.2) is 0 Å². The smallest absolute Gasteiger partial charge is 0.343 e. The molecule has 1 fully saturated rings. The number of hydrogen-bond acceptors (Lipinski definition) is 2. The van der Waals surface area contributed by atoms with E-state index in [1.54, 1.807) is 12.1 Å². The van der Waals surface area contributed by atoms with Crippen molar-refractivity contribution in [2.24, 2.45) is 5.92 Å². The molecular formula is C27H35F5O2S. The Balaban J connectivity index is 1.47. The van der Waals surface area contributed by atoms with Gasteiger partial charge >= 0.3 is 16.2 Å². The van der Waals surface area contributed by atoms with E-state index < -0.39 is 21.1 Å². The first-order valence-corrected chi connectivity index (χ1v) is 14.5. The van der Waals surface area contributed by atoms with E-state index in [4.69, 9.17) is 4.74 Å². The molecule has 0 bridgehead atoms. The normalized spacial score (nSPS) is 20.6. The van der Waals surface area contributed by atoms with Crippen LogP contribution in [0.3, 0.4) is 0 Å². The summed E-state index contributed by atoms with van der Waals surface area (Å²) in [5, 5.41) is 0. The summed E-state index contributed by atoms with van der Waals surface area (Å²) in [6, 6.07) is 8.99. The zero-order chi connectivity index (χ0) is 25.6. The topological polar surface area (TPSA) is 26.3 Å². The van der Waals surface area contributed by atoms with Crippen molar-refractivity contribution >= 4 is 16.2 Å². The van der Waals surface area contributed by atoms with E-state index >= 15 is 0 Å². The summed E-state index contributed by atoms with van der Waals surface area (Å²) in [6.45, 7) is 2.23. The van der Waals surface area contributed by atoms with Crippen molar-refractivity contribution < 1.29 is 29.0 Å². The van der Waals surface area contributed by atoms with Crippen LogP contribution in [-0.4, -0.2) is 5.97 Å². The Morgan fingerprint density at radius 3 is 1.94 bits per heavy atom. The fourth-order valence-electron chi connectivity index (χ4n) is 4.82. The van der Waals surface area contributed by atoms with Gasteiger partial charge in [0.05, 0.1) is 5.56 Å². The average Bonchev–Trinajstić information content (AvgIpc) is 2.81. The van der Waals surface area contributed by atoms with Crippen molar-refractivity contribution in [3.63, 3.8) is 0 Å². The zero-order valence-corrected chi connectivity index (χ0v) is 21.0. The summed E-state index contributed by atoms with van der Waals surface area (Å²) in [5.74, 6) is 0.283. The highest BCUT2D eigenvalue weighted by Gasteiger charge is 2.65. The van der Waals surface area contributed by atoms with Crippen molar-refractivity contribution in [2.45, 2.75) is 88.4 Å². The summed E-state index contributed by atoms with van der Waals surface area (Å²) < 4.78 is 69.2. The van der Waals surface area contributed by atoms with E-state index in [2.05, 4.69) is 6.92 Å². The highest BCUT2D eigenvalue weighted by Crippen LogP contribution is 3.02. The number of rotatable bonds is 11. The second-order valence-electron chi connectivity index (χ2n) is 9.73. The number of unbranched alkanes of at least 4 members (excludes halogenated alkanes) is 5. The molecule has 0 atom stereocenters. The lowest BCUT2D eigenvalue weighted by molar-refractivity contribution is 0.0734. The van der Waals surface area contributed by atoms with Gasteiger partial charge in [0, 0.05) is 0 Å². The molecule has 1 saturated carbocycles. The molecule has 0 aliphatic heterocycles. The molecule has 1 aliphatic rings. The highest BCUT2D eigenvalue weighted by molar-refractivity contribution is 8.45. The Hall–Kier alpha value is -2.09. The summed E-state index contributed by atoms with van der Waals surface area (Å²) in [7, 11) is -9.75. The van der Waals surface area contributed by atoms with Gasteiger partial charge in [-0.3, -0.25) is 0 Å². The van der Waals surface area contributed by atoms with Crippen molar-refractivity contribution in [1.82, 2.24) is 0 Å². The number of halogens is 5. The molecule has 0 amide bonds. The lowest BCUT2D eigenvalue weighted by Gasteiger charge is -2.40. The molecule has 0 aromatic heterocycles. The average molecular weight is 519 g/mol. The maximum absolute atomic E-state index is 12.8. The van der Waals surface area contributed by atoms with Crippen molar-refractivity contribution in [3.8, 4) is 5.75 Å². The zero-order valence-electron chi connectivity index (χ0n) is 20.2. The molecule has 0 radical (unpaired) electrons. The van der Waals surface area contributed by atoms with Gasteiger partial charge in [-0.25, -0.2) is 4.79 Å². The van der Waals surface area contributed by atoms with Gasteiger partial charge in [-0.1, -0.05) is 83.4 Å². The molecule has 0 spiro atoms. The summed E-state index contributed by atoms with van der Waals surface area (Å²) in [6.07, 6.45) is 13.9. The third-order valence-corrected chi connectivity index (χ3v) is 8.07. The molecule has 0 heterocycles. The molecule has 0 N–H and O–H groups in total. The van der Waals surface area contributed by atoms with Crippen molar-refractivity contribution in [1.29, 1.82) is 0 Å². The quantitative estimate of drug-likeness (QED) is 0.128. The van der Waals surface area contributed by atoms with E-state index in [-0.39, 0.29) is 23.4 Å². The minimum absolute atomic E-state index is 0.228. The maximum atomic E-state index is 12.8. The van der Waals surface area contributed by atoms with E-state index in [0.717, 1.165) is 30.9 Å². The van der Waals surface area contributed by atoms with E-state index in [9.17, 15) is 24.2 Å². The van der Waals surface area contributed by atoms with Crippen LogP contribution >= 0.6 is 10.2 Å². The van der Waals surface area contributed by atoms with Crippen molar-refractivity contribution in [3.05, 3.63) is 59.7 Å². The second kappa shape index (κ2) is 10.5. The Morgan fingerprint density at radius 2 is 1.37 bits per heavy atom. The largest absolute Gasteiger partial charge is 0.423 e. The van der Waals surface area contributed by atoms with Crippen LogP contribution in [0.4, 0.5) is 19.4 Å². The molecule has 1 aliphatic carbocycles. The number of carbonyl (C=O) groups is 1. The lowest BCUT2D eigenvalue weighted by atomic mass is 9.77. The standard InChI is InChI=1S/C27H35F5O2S/c1-2-3-4-5-6-7-8-21-9-11-22(12-10-21)23-13-15-24(16-14-23)27(33)34-25-17-19-26(20-18-25)35(28,29,30,31)32/h13-22H,2-12H2,1H3. The third-order valence-electron chi connectivity index (χ3n) is 6.91. The first-order chi connectivity index (χ1) is 16.4. The Labute approximate surface area is 205 Å². The lowest BCUT2D eigenvalue weighted by Crippen LogP contribution is -2.14. The minimum Gasteiger partial charge on any atom is -0.423 e. The van der Waals surface area contributed by atoms with Crippen LogP contribution < -0.4 is 4.74 Å². The number of esters is 1. The van der Waals surface area contributed by atoms with Crippen LogP contribution in [0.1, 0.15) is 99.4 Å². The number of benzene rings is 2. The Bertz CT molecular complexity index is 964. The highest BCUT2D eigenvalue weighted by atomic mass is 32.5. The number of ether oxygens (including phenoxy) is 1. The molecule has 35 heavy (non-hydrogen) atoms. The first-order valence-electron chi connectivity index (χ1n) is 12.5. The maximum Gasteiger partial charge on any atom is 0.343 e. The molecule has 2 nitrogen and oxygen atoms in total. The van der Waals surface area contributed by atoms with Crippen LogP contribution in [0.2, 0.25) is 0 Å². The van der Waals surface area contributed by atoms with Gasteiger partial charge in [0.2, 0.25) is 0 Å². The predicted molar refractivity (Wildman–Crippen MR) is 132 cm³/mol. The molecule has 0 unspecified atom stereocenters. The van der Waals surface area contributed by atoms with E-state index in [1.807, 2.05) is 12.1 Å². The molecule has 196 valence electrons. The third kappa shape index (κ3) is 8.51. The van der Waals surface area contributed by atoms with Gasteiger partial charge in [0.25, 0.3) is 0 Å². The fraction of sp³-hybridized carbons (Fsp3) is 0.519. The Morgan fingerprint density at radius 1 is 0.800 bits per heavy atom. The molecular weight excluding hydrogens is 483 g/mol. The summed E-state index contributed by atoms with van der Waals surface area (Å²) in [4.78, 5) is 10.3. The van der Waals surface area contributed by atoms with Gasteiger partial charge in [-0.2, -0.15) is 0 Å². The summed E-state index contributed by atoms with van der Waals surface area (Å²) in [5.41, 5.74) is 1.42. The number of hydrogen-bond donors (Lipinski definition) is 0. The van der Waals surface area contributed by atoms with Gasteiger partial charge < -0.3 is 4.74 Å². The SMILES string of the molecule is CCCCCCCCC1CCC(c2ccc(C(=O)Oc3ccc(S(F)(F)(F)(F)F)cc3)cc2)CC1. The minimum atomic E-state index is -9.75. The van der Waals surface area contributed by atoms with Crippen LogP contribution in [0.5, 0.6) is 5.75 Å². The van der Waals surface area contributed by atoms with Crippen molar-refractivity contribution in [2.75, 3.05) is 0 Å². The molecule has 0 saturated heterocycles. The summed E-state index contributed by atoms with van der Waals surface area (Å²) >= 11 is 0. The second-order valence-corrected chi connectivity index (χ2v) is 12.1. The van der Waals surface area contributed by atoms with Crippen LogP contribution in [0.15, 0.2) is 53.4 Å². The van der Waals surface area contributed by atoms with Gasteiger partial charge in [-0.15, -0.1) is 0 Å². The molecule has 2 aromatic rings. The Kier molecular flexibility index (Phi) is 8.24. The molecule has 3 rings (SSSR count). The van der Waals surface area contributed by atoms with Crippen LogP contribution in [0, 0.1) is 5.92 Å². The van der Waals surface area contributed by atoms with Gasteiger partial charge in [-0.05, 0) is 79.5 Å². The van der Waals surface area contributed by atoms with Crippen LogP contribution in [0.25, 0.3) is 0 Å². The van der Waals surface area contributed by atoms with E-state index in [1.165, 1.54) is 63.4 Å². The number of carbonyl (C=O) groups excluding carboxylic acids is 1. The first kappa shape index (κ1) is 27.5. The van der Waals surface area contributed by atoms with Gasteiger partial charge in [0.1, 0.15) is 10.6 Å². The molecule has 8 heteroatoms. The van der Waals surface area contributed by atoms with Crippen LogP contribution in [-0.2, 0) is 0 Å².